The van der Waals surface area contributed by atoms with Crippen LogP contribution < -0.4 is 5.32 Å². The Kier molecular flexibility index (Phi) is 6.21. The highest BCUT2D eigenvalue weighted by molar-refractivity contribution is 9.10. The van der Waals surface area contributed by atoms with Crippen LogP contribution in [0.2, 0.25) is 0 Å². The second-order valence-electron chi connectivity index (χ2n) is 4.67. The van der Waals surface area contributed by atoms with Gasteiger partial charge < -0.3 is 5.32 Å². The fourth-order valence-electron chi connectivity index (χ4n) is 2.48. The second-order valence-corrected chi connectivity index (χ2v) is 5.59. The largest absolute Gasteiger partial charge is 0.310 e. The third kappa shape index (κ3) is 4.11. The Morgan fingerprint density at radius 3 is 2.24 bits per heavy atom. The molecule has 1 N–H and O–H groups in total. The molecule has 1 aromatic carbocycles. The SMILES string of the molecule is CCNC(c1cc(C)cc(Br)c1)C(CC)CC. The quantitative estimate of drug-likeness (QED) is 0.792. The summed E-state index contributed by atoms with van der Waals surface area (Å²) in [7, 11) is 0. The van der Waals surface area contributed by atoms with Crippen molar-refractivity contribution < 1.29 is 0 Å². The van der Waals surface area contributed by atoms with Crippen LogP contribution in [0, 0.1) is 12.8 Å². The molecule has 0 heterocycles. The number of aryl methyl sites for hydroxylation is 1. The Balaban J connectivity index is 3.03. The van der Waals surface area contributed by atoms with Crippen LogP contribution in [0.25, 0.3) is 0 Å². The van der Waals surface area contributed by atoms with Gasteiger partial charge in [-0.3, -0.25) is 0 Å². The molecule has 0 spiro atoms. The zero-order chi connectivity index (χ0) is 12.8. The summed E-state index contributed by atoms with van der Waals surface area (Å²) in [6, 6.07) is 7.19. The number of benzene rings is 1. The average molecular weight is 298 g/mol. The van der Waals surface area contributed by atoms with Crippen LogP contribution in [-0.4, -0.2) is 6.54 Å². The van der Waals surface area contributed by atoms with Gasteiger partial charge in [-0.05, 0) is 42.6 Å². The predicted molar refractivity (Wildman–Crippen MR) is 79.4 cm³/mol. The van der Waals surface area contributed by atoms with Gasteiger partial charge in [0.25, 0.3) is 0 Å². The monoisotopic (exact) mass is 297 g/mol. The number of hydrogen-bond acceptors (Lipinski definition) is 1. The van der Waals surface area contributed by atoms with Crippen molar-refractivity contribution in [3.8, 4) is 0 Å². The van der Waals surface area contributed by atoms with Crippen molar-refractivity contribution in [2.45, 2.75) is 46.6 Å². The summed E-state index contributed by atoms with van der Waals surface area (Å²) in [6.45, 7) is 9.92. The molecule has 96 valence electrons. The zero-order valence-corrected chi connectivity index (χ0v) is 13.0. The number of rotatable bonds is 6. The van der Waals surface area contributed by atoms with Crippen molar-refractivity contribution in [2.75, 3.05) is 6.54 Å². The minimum atomic E-state index is 0.478. The Morgan fingerprint density at radius 1 is 1.12 bits per heavy atom. The standard InChI is InChI=1S/C15H24BrN/c1-5-12(6-2)15(17-7-3)13-8-11(4)9-14(16)10-13/h8-10,12,15,17H,5-7H2,1-4H3. The minimum absolute atomic E-state index is 0.478. The molecule has 1 nitrogen and oxygen atoms in total. The van der Waals surface area contributed by atoms with E-state index in [1.807, 2.05) is 0 Å². The van der Waals surface area contributed by atoms with E-state index in [0.717, 1.165) is 6.54 Å². The first kappa shape index (κ1) is 14.7. The van der Waals surface area contributed by atoms with E-state index in [-0.39, 0.29) is 0 Å². The number of nitrogens with one attached hydrogen (secondary N) is 1. The summed E-state index contributed by atoms with van der Waals surface area (Å²) in [5.74, 6) is 0.712. The first-order valence-electron chi connectivity index (χ1n) is 6.62. The van der Waals surface area contributed by atoms with Gasteiger partial charge in [0, 0.05) is 10.5 Å². The Labute approximate surface area is 114 Å². The van der Waals surface area contributed by atoms with Crippen LogP contribution in [-0.2, 0) is 0 Å². The van der Waals surface area contributed by atoms with E-state index >= 15 is 0 Å². The maximum Gasteiger partial charge on any atom is 0.0348 e. The molecule has 1 unspecified atom stereocenters. The normalized spacial score (nSPS) is 13.1. The summed E-state index contributed by atoms with van der Waals surface area (Å²) in [5, 5.41) is 3.63. The van der Waals surface area contributed by atoms with Crippen LogP contribution in [0.3, 0.4) is 0 Å². The molecule has 17 heavy (non-hydrogen) atoms. The van der Waals surface area contributed by atoms with Gasteiger partial charge in [0.05, 0.1) is 0 Å². The summed E-state index contributed by atoms with van der Waals surface area (Å²) in [4.78, 5) is 0. The second kappa shape index (κ2) is 7.17. The van der Waals surface area contributed by atoms with Gasteiger partial charge in [0.2, 0.25) is 0 Å². The molecule has 0 aromatic heterocycles. The van der Waals surface area contributed by atoms with Crippen molar-refractivity contribution >= 4 is 15.9 Å². The fraction of sp³-hybridized carbons (Fsp3) is 0.600. The molecule has 2 heteroatoms. The summed E-state index contributed by atoms with van der Waals surface area (Å²) >= 11 is 3.60. The third-order valence-electron chi connectivity index (χ3n) is 3.37. The smallest absolute Gasteiger partial charge is 0.0348 e. The molecule has 1 rings (SSSR count). The summed E-state index contributed by atoms with van der Waals surface area (Å²) in [6.07, 6.45) is 2.44. The Hall–Kier alpha value is -0.340. The molecule has 0 radical (unpaired) electrons. The van der Waals surface area contributed by atoms with E-state index in [1.165, 1.54) is 28.4 Å². The van der Waals surface area contributed by atoms with Gasteiger partial charge in [0.15, 0.2) is 0 Å². The zero-order valence-electron chi connectivity index (χ0n) is 11.4. The molecule has 0 aliphatic rings. The first-order valence-corrected chi connectivity index (χ1v) is 7.42. The number of hydrogen-bond donors (Lipinski definition) is 1. The molecule has 1 aromatic rings. The molecular formula is C15H24BrN. The molecule has 0 fully saturated rings. The van der Waals surface area contributed by atoms with Crippen molar-refractivity contribution in [1.82, 2.24) is 5.32 Å². The lowest BCUT2D eigenvalue weighted by Crippen LogP contribution is -2.27. The van der Waals surface area contributed by atoms with E-state index in [4.69, 9.17) is 0 Å². The van der Waals surface area contributed by atoms with Crippen molar-refractivity contribution in [3.63, 3.8) is 0 Å². The highest BCUT2D eigenvalue weighted by Gasteiger charge is 2.19. The summed E-state index contributed by atoms with van der Waals surface area (Å²) < 4.78 is 1.18. The Bertz CT molecular complexity index is 325. The maximum absolute atomic E-state index is 3.63. The van der Waals surface area contributed by atoms with Gasteiger partial charge in [-0.1, -0.05) is 55.6 Å². The number of halogens is 1. The lowest BCUT2D eigenvalue weighted by atomic mass is 9.88. The molecule has 0 saturated heterocycles. The summed E-state index contributed by atoms with van der Waals surface area (Å²) in [5.41, 5.74) is 2.73. The molecule has 0 bridgehead atoms. The topological polar surface area (TPSA) is 12.0 Å². The van der Waals surface area contributed by atoms with Gasteiger partial charge >= 0.3 is 0 Å². The van der Waals surface area contributed by atoms with Crippen LogP contribution in [0.15, 0.2) is 22.7 Å². The highest BCUT2D eigenvalue weighted by Crippen LogP contribution is 2.29. The van der Waals surface area contributed by atoms with Crippen LogP contribution >= 0.6 is 15.9 Å². The first-order chi connectivity index (χ1) is 8.12. The maximum atomic E-state index is 3.63. The van der Waals surface area contributed by atoms with Crippen LogP contribution in [0.1, 0.15) is 50.8 Å². The van der Waals surface area contributed by atoms with Crippen molar-refractivity contribution in [2.24, 2.45) is 5.92 Å². The van der Waals surface area contributed by atoms with E-state index < -0.39 is 0 Å². The van der Waals surface area contributed by atoms with Gasteiger partial charge in [0.1, 0.15) is 0 Å². The molecule has 0 saturated carbocycles. The molecule has 0 amide bonds. The van der Waals surface area contributed by atoms with E-state index in [2.05, 4.69) is 67.1 Å². The average Bonchev–Trinajstić information content (AvgIpc) is 2.28. The van der Waals surface area contributed by atoms with Crippen LogP contribution in [0.4, 0.5) is 0 Å². The molecular weight excluding hydrogens is 274 g/mol. The van der Waals surface area contributed by atoms with Crippen LogP contribution in [0.5, 0.6) is 0 Å². The van der Waals surface area contributed by atoms with E-state index in [0.29, 0.717) is 12.0 Å². The van der Waals surface area contributed by atoms with E-state index in [9.17, 15) is 0 Å². The van der Waals surface area contributed by atoms with E-state index in [1.54, 1.807) is 0 Å². The lowest BCUT2D eigenvalue weighted by Gasteiger charge is -2.27. The van der Waals surface area contributed by atoms with Gasteiger partial charge in [-0.25, -0.2) is 0 Å². The fourth-order valence-corrected chi connectivity index (χ4v) is 3.11. The molecule has 0 aliphatic heterocycles. The van der Waals surface area contributed by atoms with Crippen molar-refractivity contribution in [3.05, 3.63) is 33.8 Å². The highest BCUT2D eigenvalue weighted by atomic mass is 79.9. The molecule has 0 aliphatic carbocycles. The predicted octanol–water partition coefficient (Wildman–Crippen LogP) is 4.84. The molecule has 1 atom stereocenters. The van der Waals surface area contributed by atoms with Gasteiger partial charge in [-0.15, -0.1) is 0 Å². The van der Waals surface area contributed by atoms with Gasteiger partial charge in [-0.2, -0.15) is 0 Å². The van der Waals surface area contributed by atoms with Crippen molar-refractivity contribution in [1.29, 1.82) is 0 Å². The Morgan fingerprint density at radius 2 is 1.76 bits per heavy atom. The minimum Gasteiger partial charge on any atom is -0.310 e. The third-order valence-corrected chi connectivity index (χ3v) is 3.83. The lowest BCUT2D eigenvalue weighted by molar-refractivity contribution is 0.346.